The van der Waals surface area contributed by atoms with Crippen LogP contribution in [0.15, 0.2) is 24.3 Å². The molecule has 0 aromatic heterocycles. The average molecular weight is 329 g/mol. The predicted octanol–water partition coefficient (Wildman–Crippen LogP) is 1.90. The van der Waals surface area contributed by atoms with E-state index in [1.165, 1.54) is 12.1 Å². The fraction of sp³-hybridized carbons (Fsp3) is 0.600. The molecule has 1 aromatic carbocycles. The number of rotatable bonds is 6. The molecule has 1 heterocycles. The lowest BCUT2D eigenvalue weighted by molar-refractivity contribution is -0.385. The first-order chi connectivity index (χ1) is 11.0. The number of nitrogens with zero attached hydrogens (tertiary/aromatic N) is 3. The Morgan fingerprint density at radius 1 is 1.17 bits per heavy atom. The molecule has 1 aromatic rings. The molecule has 1 fully saturated rings. The van der Waals surface area contributed by atoms with E-state index in [0.29, 0.717) is 38.3 Å². The van der Waals surface area contributed by atoms with Crippen LogP contribution in [0.2, 0.25) is 0 Å². The van der Waals surface area contributed by atoms with E-state index in [1.54, 1.807) is 17.0 Å². The fourth-order valence-corrected chi connectivity index (χ4v) is 2.78. The summed E-state index contributed by atoms with van der Waals surface area (Å²) in [5.74, 6) is 0. The van der Waals surface area contributed by atoms with Crippen molar-refractivity contribution in [2.45, 2.75) is 19.0 Å². The molecule has 0 radical (unpaired) electrons. The molecule has 1 atom stereocenters. The Morgan fingerprint density at radius 2 is 1.83 bits per heavy atom. The highest BCUT2D eigenvalue weighted by Crippen LogP contribution is 2.20. The van der Waals surface area contributed by atoms with E-state index in [4.69, 9.17) is 0 Å². The van der Waals surface area contributed by atoms with Crippen LogP contribution in [0.4, 0.5) is 14.5 Å². The molecule has 0 spiro atoms. The summed E-state index contributed by atoms with van der Waals surface area (Å²) < 4.78 is 24.9. The van der Waals surface area contributed by atoms with Gasteiger partial charge in [0.05, 0.1) is 17.6 Å². The van der Waals surface area contributed by atoms with Gasteiger partial charge >= 0.3 is 0 Å². The number of halogens is 2. The Morgan fingerprint density at radius 3 is 2.43 bits per heavy atom. The maximum Gasteiger partial charge on any atom is 0.269 e. The molecule has 0 saturated carbocycles. The molecule has 0 aliphatic carbocycles. The van der Waals surface area contributed by atoms with E-state index in [0.717, 1.165) is 6.42 Å². The first kappa shape index (κ1) is 17.7. The van der Waals surface area contributed by atoms with Gasteiger partial charge in [0.2, 0.25) is 0 Å². The second kappa shape index (κ2) is 8.28. The molecule has 1 aliphatic rings. The molecular weight excluding hydrogens is 308 g/mol. The van der Waals surface area contributed by atoms with Gasteiger partial charge in [0.1, 0.15) is 0 Å². The van der Waals surface area contributed by atoms with E-state index < -0.39 is 17.5 Å². The number of benzene rings is 1. The van der Waals surface area contributed by atoms with Crippen LogP contribution in [0, 0.1) is 10.1 Å². The topological polar surface area (TPSA) is 69.8 Å². The lowest BCUT2D eigenvalue weighted by atomic mass is 10.1. The van der Waals surface area contributed by atoms with Crippen LogP contribution in [0.25, 0.3) is 0 Å². The second-order valence-electron chi connectivity index (χ2n) is 5.71. The fourth-order valence-electron chi connectivity index (χ4n) is 2.78. The number of nitro benzene ring substituents is 1. The van der Waals surface area contributed by atoms with Gasteiger partial charge in [-0.3, -0.25) is 19.9 Å². The standard InChI is InChI=1S/C15H21F2N3O3/c16-15(17)11-19-6-2-5-18(7-8-19)10-14(21)12-3-1-4-13(9-12)20(22)23/h1,3-4,9,14-15,21H,2,5-8,10-11H2. The predicted molar refractivity (Wildman–Crippen MR) is 81.6 cm³/mol. The first-order valence-corrected chi connectivity index (χ1v) is 7.61. The molecule has 8 heteroatoms. The summed E-state index contributed by atoms with van der Waals surface area (Å²) in [5.41, 5.74) is 0.438. The summed E-state index contributed by atoms with van der Waals surface area (Å²) >= 11 is 0. The van der Waals surface area contributed by atoms with Crippen molar-refractivity contribution < 1.29 is 18.8 Å². The largest absolute Gasteiger partial charge is 0.387 e. The summed E-state index contributed by atoms with van der Waals surface area (Å²) in [6.45, 7) is 2.58. The van der Waals surface area contributed by atoms with Gasteiger partial charge in [0, 0.05) is 31.8 Å². The van der Waals surface area contributed by atoms with E-state index in [2.05, 4.69) is 0 Å². The number of nitro groups is 1. The third-order valence-electron chi connectivity index (χ3n) is 3.97. The number of hydrogen-bond acceptors (Lipinski definition) is 5. The Labute approximate surface area is 133 Å². The summed E-state index contributed by atoms with van der Waals surface area (Å²) in [5, 5.41) is 21.1. The summed E-state index contributed by atoms with van der Waals surface area (Å²) in [6, 6.07) is 5.94. The number of hydrogen-bond donors (Lipinski definition) is 1. The Bertz CT molecular complexity index is 530. The molecule has 2 rings (SSSR count). The number of non-ortho nitro benzene ring substituents is 1. The monoisotopic (exact) mass is 329 g/mol. The lowest BCUT2D eigenvalue weighted by Gasteiger charge is -2.24. The lowest BCUT2D eigenvalue weighted by Crippen LogP contribution is -2.35. The van der Waals surface area contributed by atoms with Crippen molar-refractivity contribution in [1.82, 2.24) is 9.80 Å². The number of alkyl halides is 2. The van der Waals surface area contributed by atoms with Gasteiger partial charge in [0.25, 0.3) is 12.1 Å². The molecule has 1 aliphatic heterocycles. The minimum absolute atomic E-state index is 0.0551. The van der Waals surface area contributed by atoms with Crippen LogP contribution in [0.1, 0.15) is 18.1 Å². The summed E-state index contributed by atoms with van der Waals surface area (Å²) in [4.78, 5) is 14.0. The number of aliphatic hydroxyl groups excluding tert-OH is 1. The van der Waals surface area contributed by atoms with Crippen LogP contribution < -0.4 is 0 Å². The molecular formula is C15H21F2N3O3. The molecule has 1 saturated heterocycles. The normalized spacial score (nSPS) is 18.8. The molecule has 0 bridgehead atoms. The van der Waals surface area contributed by atoms with Gasteiger partial charge < -0.3 is 5.11 Å². The van der Waals surface area contributed by atoms with Gasteiger partial charge in [-0.1, -0.05) is 12.1 Å². The van der Waals surface area contributed by atoms with E-state index >= 15 is 0 Å². The highest BCUT2D eigenvalue weighted by atomic mass is 19.3. The van der Waals surface area contributed by atoms with Gasteiger partial charge in [-0.15, -0.1) is 0 Å². The zero-order chi connectivity index (χ0) is 16.8. The number of aliphatic hydroxyl groups is 1. The molecule has 1 N–H and O–H groups in total. The van der Waals surface area contributed by atoms with Crippen LogP contribution in [0.5, 0.6) is 0 Å². The zero-order valence-electron chi connectivity index (χ0n) is 12.8. The first-order valence-electron chi connectivity index (χ1n) is 7.61. The third-order valence-corrected chi connectivity index (χ3v) is 3.97. The van der Waals surface area contributed by atoms with Crippen molar-refractivity contribution in [1.29, 1.82) is 0 Å². The van der Waals surface area contributed by atoms with Gasteiger partial charge in [-0.05, 0) is 25.1 Å². The van der Waals surface area contributed by atoms with Crippen LogP contribution >= 0.6 is 0 Å². The molecule has 0 amide bonds. The van der Waals surface area contributed by atoms with Crippen molar-refractivity contribution in [2.75, 3.05) is 39.3 Å². The van der Waals surface area contributed by atoms with Gasteiger partial charge in [0.15, 0.2) is 0 Å². The van der Waals surface area contributed by atoms with E-state index in [1.807, 2.05) is 4.90 Å². The second-order valence-corrected chi connectivity index (χ2v) is 5.71. The van der Waals surface area contributed by atoms with Crippen LogP contribution in [-0.2, 0) is 0 Å². The van der Waals surface area contributed by atoms with Crippen LogP contribution in [-0.4, -0.2) is 65.5 Å². The minimum atomic E-state index is -2.34. The van der Waals surface area contributed by atoms with Crippen molar-refractivity contribution in [3.63, 3.8) is 0 Å². The van der Waals surface area contributed by atoms with Crippen molar-refractivity contribution in [3.05, 3.63) is 39.9 Å². The summed E-state index contributed by atoms with van der Waals surface area (Å²) in [6.07, 6.45) is -2.41. The summed E-state index contributed by atoms with van der Waals surface area (Å²) in [7, 11) is 0. The highest BCUT2D eigenvalue weighted by Gasteiger charge is 2.20. The maximum atomic E-state index is 12.4. The highest BCUT2D eigenvalue weighted by molar-refractivity contribution is 5.35. The van der Waals surface area contributed by atoms with Crippen molar-refractivity contribution in [3.8, 4) is 0 Å². The Kier molecular flexibility index (Phi) is 6.37. The Balaban J connectivity index is 1.91. The number of β-amino-alcohol motifs (C(OH)–C–C–N with tert-alkyl or cyclic N) is 1. The van der Waals surface area contributed by atoms with E-state index in [9.17, 15) is 24.0 Å². The molecule has 6 nitrogen and oxygen atoms in total. The Hall–Kier alpha value is -1.64. The smallest absolute Gasteiger partial charge is 0.269 e. The van der Waals surface area contributed by atoms with Crippen molar-refractivity contribution in [2.24, 2.45) is 0 Å². The zero-order valence-corrected chi connectivity index (χ0v) is 12.8. The van der Waals surface area contributed by atoms with Crippen LogP contribution in [0.3, 0.4) is 0 Å². The van der Waals surface area contributed by atoms with Gasteiger partial charge in [-0.2, -0.15) is 0 Å². The third kappa shape index (κ3) is 5.49. The van der Waals surface area contributed by atoms with E-state index in [-0.39, 0.29) is 12.2 Å². The maximum absolute atomic E-state index is 12.4. The van der Waals surface area contributed by atoms with Crippen molar-refractivity contribution >= 4 is 5.69 Å². The molecule has 1 unspecified atom stereocenters. The SMILES string of the molecule is O=[N+]([O-])c1cccc(C(O)CN2CCCN(CC(F)F)CC2)c1. The quantitative estimate of drug-likeness (QED) is 0.638. The minimum Gasteiger partial charge on any atom is -0.387 e. The molecule has 128 valence electrons. The molecule has 23 heavy (non-hydrogen) atoms. The average Bonchev–Trinajstić information content (AvgIpc) is 2.72. The van der Waals surface area contributed by atoms with Gasteiger partial charge in [-0.25, -0.2) is 8.78 Å².